The third kappa shape index (κ3) is 3.10. The van der Waals surface area contributed by atoms with Crippen molar-refractivity contribution in [3.8, 4) is 0 Å². The third-order valence-corrected chi connectivity index (χ3v) is 2.73. The minimum atomic E-state index is -0.449. The topological polar surface area (TPSA) is 54.3 Å². The van der Waals surface area contributed by atoms with Gasteiger partial charge in [0.05, 0.1) is 6.10 Å². The van der Waals surface area contributed by atoms with E-state index in [0.717, 1.165) is 12.1 Å². The molecule has 0 aliphatic heterocycles. The maximum absolute atomic E-state index is 11.7. The van der Waals surface area contributed by atoms with Crippen molar-refractivity contribution in [2.75, 3.05) is 6.54 Å². The van der Waals surface area contributed by atoms with Crippen molar-refractivity contribution in [3.05, 3.63) is 23.5 Å². The summed E-state index contributed by atoms with van der Waals surface area (Å²) in [6, 6.07) is 3.69. The largest absolute Gasteiger partial charge is 0.391 e. The molecule has 1 amide bonds. The maximum atomic E-state index is 11.7. The third-order valence-electron chi connectivity index (χ3n) is 2.73. The lowest BCUT2D eigenvalue weighted by Gasteiger charge is -2.11. The van der Waals surface area contributed by atoms with E-state index < -0.39 is 6.10 Å². The molecule has 1 atom stereocenters. The summed E-state index contributed by atoms with van der Waals surface area (Å²) in [7, 11) is 1.85. The van der Waals surface area contributed by atoms with Crippen LogP contribution in [0.3, 0.4) is 0 Å². The Hall–Kier alpha value is -1.29. The second-order valence-electron chi connectivity index (χ2n) is 4.07. The van der Waals surface area contributed by atoms with Crippen LogP contribution in [0.5, 0.6) is 0 Å². The van der Waals surface area contributed by atoms with Crippen molar-refractivity contribution < 1.29 is 9.90 Å². The van der Waals surface area contributed by atoms with Crippen molar-refractivity contribution in [2.45, 2.75) is 32.8 Å². The summed E-state index contributed by atoms with van der Waals surface area (Å²) in [5, 5.41) is 12.2. The van der Waals surface area contributed by atoms with E-state index in [2.05, 4.69) is 5.32 Å². The molecule has 0 radical (unpaired) electrons. The standard InChI is InChI=1S/C12H20N2O2/c1-4-5-10(15)8-13-12(16)11-7-6-9(2)14(11)3/h6-7,10,15H,4-5,8H2,1-3H3,(H,13,16). The SMILES string of the molecule is CCCC(O)CNC(=O)c1ccc(C)n1C. The quantitative estimate of drug-likeness (QED) is 0.790. The highest BCUT2D eigenvalue weighted by molar-refractivity contribution is 5.92. The van der Waals surface area contributed by atoms with Crippen molar-refractivity contribution in [1.29, 1.82) is 0 Å². The number of nitrogens with one attached hydrogen (secondary N) is 1. The number of hydrogen-bond donors (Lipinski definition) is 2. The van der Waals surface area contributed by atoms with Crippen LogP contribution in [-0.4, -0.2) is 28.2 Å². The van der Waals surface area contributed by atoms with Gasteiger partial charge in [0.1, 0.15) is 5.69 Å². The van der Waals surface area contributed by atoms with Crippen LogP contribution in [0.1, 0.15) is 35.9 Å². The molecule has 0 aliphatic rings. The van der Waals surface area contributed by atoms with Crippen molar-refractivity contribution in [2.24, 2.45) is 7.05 Å². The van der Waals surface area contributed by atoms with Gasteiger partial charge in [-0.15, -0.1) is 0 Å². The van der Waals surface area contributed by atoms with E-state index in [9.17, 15) is 9.90 Å². The highest BCUT2D eigenvalue weighted by atomic mass is 16.3. The van der Waals surface area contributed by atoms with Crippen molar-refractivity contribution in [3.63, 3.8) is 0 Å². The number of carbonyl (C=O) groups is 1. The Bertz CT molecular complexity index is 358. The Labute approximate surface area is 96.3 Å². The van der Waals surface area contributed by atoms with Gasteiger partial charge in [-0.3, -0.25) is 4.79 Å². The molecular weight excluding hydrogens is 204 g/mol. The highest BCUT2D eigenvalue weighted by Crippen LogP contribution is 2.05. The number of nitrogens with zero attached hydrogens (tertiary/aromatic N) is 1. The number of carbonyl (C=O) groups excluding carboxylic acids is 1. The van der Waals surface area contributed by atoms with Gasteiger partial charge in [-0.1, -0.05) is 13.3 Å². The normalized spacial score (nSPS) is 12.5. The van der Waals surface area contributed by atoms with E-state index in [1.54, 1.807) is 6.07 Å². The van der Waals surface area contributed by atoms with E-state index in [-0.39, 0.29) is 5.91 Å². The van der Waals surface area contributed by atoms with Gasteiger partial charge >= 0.3 is 0 Å². The first-order valence-corrected chi connectivity index (χ1v) is 5.64. The lowest BCUT2D eigenvalue weighted by Crippen LogP contribution is -2.33. The molecular formula is C12H20N2O2. The fourth-order valence-electron chi connectivity index (χ4n) is 1.58. The minimum Gasteiger partial charge on any atom is -0.391 e. The summed E-state index contributed by atoms with van der Waals surface area (Å²) in [5.41, 5.74) is 1.67. The number of amides is 1. The molecule has 0 saturated carbocycles. The zero-order valence-corrected chi connectivity index (χ0v) is 10.2. The minimum absolute atomic E-state index is 0.134. The first kappa shape index (κ1) is 12.8. The van der Waals surface area contributed by atoms with E-state index in [1.807, 2.05) is 31.5 Å². The second-order valence-corrected chi connectivity index (χ2v) is 4.07. The van der Waals surface area contributed by atoms with Crippen molar-refractivity contribution in [1.82, 2.24) is 9.88 Å². The number of aryl methyl sites for hydroxylation is 1. The van der Waals surface area contributed by atoms with Gasteiger partial charge < -0.3 is 15.0 Å². The molecule has 90 valence electrons. The van der Waals surface area contributed by atoms with E-state index >= 15 is 0 Å². The second kappa shape index (κ2) is 5.70. The zero-order valence-electron chi connectivity index (χ0n) is 10.2. The lowest BCUT2D eigenvalue weighted by atomic mass is 10.2. The molecule has 0 saturated heterocycles. The van der Waals surface area contributed by atoms with Gasteiger partial charge in [0.25, 0.3) is 5.91 Å². The van der Waals surface area contributed by atoms with Crippen LogP contribution in [0.4, 0.5) is 0 Å². The van der Waals surface area contributed by atoms with Crippen LogP contribution < -0.4 is 5.32 Å². The Morgan fingerprint density at radius 2 is 2.25 bits per heavy atom. The molecule has 0 bridgehead atoms. The summed E-state index contributed by atoms with van der Waals surface area (Å²) in [5.74, 6) is -0.134. The zero-order chi connectivity index (χ0) is 12.1. The molecule has 0 aromatic carbocycles. The fraction of sp³-hybridized carbons (Fsp3) is 0.583. The van der Waals surface area contributed by atoms with Gasteiger partial charge in [0.15, 0.2) is 0 Å². The van der Waals surface area contributed by atoms with Crippen LogP contribution in [-0.2, 0) is 7.05 Å². The van der Waals surface area contributed by atoms with Crippen LogP contribution >= 0.6 is 0 Å². The number of aromatic nitrogens is 1. The Balaban J connectivity index is 2.50. The molecule has 1 rings (SSSR count). The summed E-state index contributed by atoms with van der Waals surface area (Å²) >= 11 is 0. The smallest absolute Gasteiger partial charge is 0.267 e. The van der Waals surface area contributed by atoms with E-state index in [0.29, 0.717) is 18.7 Å². The first-order chi connectivity index (χ1) is 7.56. The molecule has 2 N–H and O–H groups in total. The van der Waals surface area contributed by atoms with Gasteiger partial charge in [0, 0.05) is 19.3 Å². The lowest BCUT2D eigenvalue weighted by molar-refractivity contribution is 0.0902. The molecule has 1 aromatic heterocycles. The van der Waals surface area contributed by atoms with Crippen molar-refractivity contribution >= 4 is 5.91 Å². The van der Waals surface area contributed by atoms with Crippen LogP contribution in [0.15, 0.2) is 12.1 Å². The summed E-state index contributed by atoms with van der Waals surface area (Å²) in [6.07, 6.45) is 1.18. The van der Waals surface area contributed by atoms with Crippen LogP contribution in [0, 0.1) is 6.92 Å². The molecule has 1 unspecified atom stereocenters. The molecule has 4 nitrogen and oxygen atoms in total. The summed E-state index contributed by atoms with van der Waals surface area (Å²) < 4.78 is 1.83. The molecule has 0 spiro atoms. The fourth-order valence-corrected chi connectivity index (χ4v) is 1.58. The average molecular weight is 224 g/mol. The van der Waals surface area contributed by atoms with Crippen LogP contribution in [0.25, 0.3) is 0 Å². The number of rotatable bonds is 5. The molecule has 1 aromatic rings. The van der Waals surface area contributed by atoms with Crippen LogP contribution in [0.2, 0.25) is 0 Å². The Morgan fingerprint density at radius 1 is 1.56 bits per heavy atom. The highest BCUT2D eigenvalue weighted by Gasteiger charge is 2.11. The number of aliphatic hydroxyl groups excluding tert-OH is 1. The van der Waals surface area contributed by atoms with Gasteiger partial charge in [-0.25, -0.2) is 0 Å². The van der Waals surface area contributed by atoms with Gasteiger partial charge in [-0.2, -0.15) is 0 Å². The number of hydrogen-bond acceptors (Lipinski definition) is 2. The Morgan fingerprint density at radius 3 is 2.75 bits per heavy atom. The molecule has 0 fully saturated rings. The summed E-state index contributed by atoms with van der Waals surface area (Å²) in [6.45, 7) is 4.27. The monoisotopic (exact) mass is 224 g/mol. The molecule has 16 heavy (non-hydrogen) atoms. The molecule has 1 heterocycles. The van der Waals surface area contributed by atoms with E-state index in [1.165, 1.54) is 0 Å². The van der Waals surface area contributed by atoms with Gasteiger partial charge in [-0.05, 0) is 25.5 Å². The average Bonchev–Trinajstić information content (AvgIpc) is 2.57. The predicted molar refractivity (Wildman–Crippen MR) is 63.4 cm³/mol. The Kier molecular flexibility index (Phi) is 4.55. The maximum Gasteiger partial charge on any atom is 0.267 e. The van der Waals surface area contributed by atoms with Gasteiger partial charge in [0.2, 0.25) is 0 Å². The molecule has 4 heteroatoms. The summed E-state index contributed by atoms with van der Waals surface area (Å²) in [4.78, 5) is 11.7. The predicted octanol–water partition coefficient (Wildman–Crippen LogP) is 1.22. The van der Waals surface area contributed by atoms with E-state index in [4.69, 9.17) is 0 Å². The first-order valence-electron chi connectivity index (χ1n) is 5.64. The number of aliphatic hydroxyl groups is 1. The molecule has 0 aliphatic carbocycles.